The van der Waals surface area contributed by atoms with Gasteiger partial charge in [0, 0.05) is 16.6 Å². The van der Waals surface area contributed by atoms with Crippen LogP contribution in [0, 0.1) is 0 Å². The summed E-state index contributed by atoms with van der Waals surface area (Å²) in [5, 5.41) is 5.07. The van der Waals surface area contributed by atoms with E-state index < -0.39 is 0 Å². The maximum atomic E-state index is 12.0. The summed E-state index contributed by atoms with van der Waals surface area (Å²) in [6.07, 6.45) is 1.36. The number of hydrogen-bond donors (Lipinski definition) is 2. The van der Waals surface area contributed by atoms with Crippen molar-refractivity contribution in [3.63, 3.8) is 0 Å². The molecular formula is C14H10ClN3O2S. The van der Waals surface area contributed by atoms with E-state index in [1.54, 1.807) is 6.07 Å². The fourth-order valence-electron chi connectivity index (χ4n) is 1.78. The third-order valence-corrected chi connectivity index (χ3v) is 3.82. The number of thiazole rings is 1. The zero-order valence-electron chi connectivity index (χ0n) is 10.7. The molecule has 0 aliphatic rings. The van der Waals surface area contributed by atoms with E-state index in [2.05, 4.69) is 10.3 Å². The second-order valence-corrected chi connectivity index (χ2v) is 5.43. The predicted octanol–water partition coefficient (Wildman–Crippen LogP) is 3.89. The largest absolute Gasteiger partial charge is 0.452 e. The molecule has 5 nitrogen and oxygen atoms in total. The van der Waals surface area contributed by atoms with Gasteiger partial charge in [0.1, 0.15) is 0 Å². The zero-order chi connectivity index (χ0) is 14.8. The van der Waals surface area contributed by atoms with E-state index in [0.717, 1.165) is 11.3 Å². The molecule has 0 saturated heterocycles. The molecule has 0 atom stereocenters. The van der Waals surface area contributed by atoms with Crippen LogP contribution in [0.3, 0.4) is 0 Å². The zero-order valence-corrected chi connectivity index (χ0v) is 12.2. The highest BCUT2D eigenvalue weighted by Crippen LogP contribution is 2.27. The van der Waals surface area contributed by atoms with Crippen LogP contribution in [0.1, 0.15) is 10.4 Å². The summed E-state index contributed by atoms with van der Waals surface area (Å²) in [6, 6.07) is 8.90. The Balaban J connectivity index is 1.80. The van der Waals surface area contributed by atoms with E-state index in [0.29, 0.717) is 10.8 Å². The molecule has 1 amide bonds. The van der Waals surface area contributed by atoms with Crippen LogP contribution in [0.5, 0.6) is 0 Å². The van der Waals surface area contributed by atoms with Crippen molar-refractivity contribution in [2.75, 3.05) is 11.1 Å². The van der Waals surface area contributed by atoms with Gasteiger partial charge in [-0.3, -0.25) is 10.1 Å². The highest BCUT2D eigenvalue weighted by Gasteiger charge is 2.15. The number of anilines is 2. The minimum Gasteiger partial charge on any atom is -0.452 e. The lowest BCUT2D eigenvalue weighted by molar-refractivity contribution is 0.102. The number of hydrogen-bond acceptors (Lipinski definition) is 5. The molecule has 3 aromatic rings. The topological polar surface area (TPSA) is 81.1 Å². The van der Waals surface area contributed by atoms with Crippen molar-refractivity contribution in [2.45, 2.75) is 0 Å². The summed E-state index contributed by atoms with van der Waals surface area (Å²) >= 11 is 7.09. The van der Waals surface area contributed by atoms with E-state index in [1.165, 1.54) is 23.7 Å². The van der Waals surface area contributed by atoms with Crippen LogP contribution in [-0.2, 0) is 0 Å². The van der Waals surface area contributed by atoms with Crippen molar-refractivity contribution in [2.24, 2.45) is 0 Å². The summed E-state index contributed by atoms with van der Waals surface area (Å²) < 4.78 is 4.88. The molecule has 3 N–H and O–H groups in total. The highest BCUT2D eigenvalue weighted by atomic mass is 35.5. The Hall–Kier alpha value is -2.31. The first-order valence-corrected chi connectivity index (χ1v) is 7.25. The van der Waals surface area contributed by atoms with Crippen molar-refractivity contribution in [1.82, 2.24) is 4.98 Å². The maximum Gasteiger partial charge on any atom is 0.262 e. The fourth-order valence-corrected chi connectivity index (χ4v) is 2.70. The number of nitrogen functional groups attached to an aromatic ring is 1. The fraction of sp³-hybridized carbons (Fsp3) is 0. The van der Waals surface area contributed by atoms with E-state index in [-0.39, 0.29) is 16.7 Å². The first-order valence-electron chi connectivity index (χ1n) is 5.99. The van der Waals surface area contributed by atoms with Crippen LogP contribution in [0.4, 0.5) is 10.8 Å². The second-order valence-electron chi connectivity index (χ2n) is 4.23. The summed E-state index contributed by atoms with van der Waals surface area (Å²) in [7, 11) is 0. The average Bonchev–Trinajstić information content (AvgIpc) is 3.08. The second kappa shape index (κ2) is 5.59. The number of amides is 1. The van der Waals surface area contributed by atoms with Crippen molar-refractivity contribution in [3.8, 4) is 11.3 Å². The van der Waals surface area contributed by atoms with Crippen LogP contribution >= 0.6 is 22.9 Å². The van der Waals surface area contributed by atoms with Crippen molar-refractivity contribution in [1.29, 1.82) is 0 Å². The Labute approximate surface area is 129 Å². The summed E-state index contributed by atoms with van der Waals surface area (Å²) in [5.74, 6) is -0.359. The molecule has 0 bridgehead atoms. The van der Waals surface area contributed by atoms with Crippen LogP contribution in [0.2, 0.25) is 5.22 Å². The monoisotopic (exact) mass is 319 g/mol. The normalized spacial score (nSPS) is 10.5. The quantitative estimate of drug-likeness (QED) is 0.717. The van der Waals surface area contributed by atoms with Gasteiger partial charge < -0.3 is 10.2 Å². The first kappa shape index (κ1) is 13.7. The maximum absolute atomic E-state index is 12.0. The number of carbonyl (C=O) groups is 1. The van der Waals surface area contributed by atoms with Gasteiger partial charge in [0.25, 0.3) is 5.91 Å². The lowest BCUT2D eigenvalue weighted by atomic mass is 10.1. The number of carbonyl (C=O) groups excluding carboxylic acids is 1. The van der Waals surface area contributed by atoms with Crippen LogP contribution in [0.25, 0.3) is 11.3 Å². The van der Waals surface area contributed by atoms with Crippen molar-refractivity contribution in [3.05, 3.63) is 52.8 Å². The molecule has 0 spiro atoms. The molecule has 106 valence electrons. The molecule has 1 aromatic carbocycles. The number of aromatic nitrogens is 1. The SMILES string of the molecule is Nc1cccc(-c2csc(NC(=O)c3ccoc3Cl)n2)c1. The predicted molar refractivity (Wildman–Crippen MR) is 83.6 cm³/mol. The van der Waals surface area contributed by atoms with Crippen molar-refractivity contribution >= 4 is 39.7 Å². The molecule has 0 aliphatic heterocycles. The minimum atomic E-state index is -0.359. The summed E-state index contributed by atoms with van der Waals surface area (Å²) in [5.41, 5.74) is 8.33. The van der Waals surface area contributed by atoms with E-state index in [4.69, 9.17) is 21.8 Å². The van der Waals surface area contributed by atoms with Crippen LogP contribution in [-0.4, -0.2) is 10.9 Å². The molecule has 7 heteroatoms. The van der Waals surface area contributed by atoms with Gasteiger partial charge in [-0.1, -0.05) is 12.1 Å². The Bertz CT molecular complexity index is 797. The molecule has 2 aromatic heterocycles. The van der Waals surface area contributed by atoms with Gasteiger partial charge >= 0.3 is 0 Å². The number of rotatable bonds is 3. The van der Waals surface area contributed by atoms with Gasteiger partial charge in [-0.15, -0.1) is 11.3 Å². The average molecular weight is 320 g/mol. The Kier molecular flexibility index (Phi) is 3.64. The van der Waals surface area contributed by atoms with Crippen LogP contribution < -0.4 is 11.1 Å². The lowest BCUT2D eigenvalue weighted by Gasteiger charge is -2.00. The number of halogens is 1. The molecule has 0 radical (unpaired) electrons. The third-order valence-electron chi connectivity index (χ3n) is 2.77. The van der Waals surface area contributed by atoms with Crippen molar-refractivity contribution < 1.29 is 9.21 Å². The molecule has 0 unspecified atom stereocenters. The minimum absolute atomic E-state index is 0.0557. The summed E-state index contributed by atoms with van der Waals surface area (Å²) in [4.78, 5) is 16.3. The van der Waals surface area contributed by atoms with Gasteiger partial charge in [0.15, 0.2) is 5.13 Å². The van der Waals surface area contributed by atoms with Gasteiger partial charge in [-0.05, 0) is 29.8 Å². The van der Waals surface area contributed by atoms with Gasteiger partial charge in [0.2, 0.25) is 5.22 Å². The third kappa shape index (κ3) is 2.91. The molecule has 0 saturated carbocycles. The number of nitrogens with two attached hydrogens (primary N) is 1. The van der Waals surface area contributed by atoms with E-state index in [9.17, 15) is 4.79 Å². The van der Waals surface area contributed by atoms with Gasteiger partial charge in [-0.2, -0.15) is 0 Å². The Morgan fingerprint density at radius 1 is 1.38 bits per heavy atom. The van der Waals surface area contributed by atoms with E-state index >= 15 is 0 Å². The first-order chi connectivity index (χ1) is 10.1. The Morgan fingerprint density at radius 2 is 2.24 bits per heavy atom. The van der Waals surface area contributed by atoms with E-state index in [1.807, 2.05) is 23.6 Å². The van der Waals surface area contributed by atoms with Gasteiger partial charge in [0.05, 0.1) is 17.5 Å². The lowest BCUT2D eigenvalue weighted by Crippen LogP contribution is -2.11. The Morgan fingerprint density at radius 3 is 2.95 bits per heavy atom. The number of nitrogens with one attached hydrogen (secondary N) is 1. The molecule has 0 fully saturated rings. The standard InChI is InChI=1S/C14H10ClN3O2S/c15-12-10(4-5-20-12)13(19)18-14-17-11(7-21-14)8-2-1-3-9(16)6-8/h1-7H,16H2,(H,17,18,19). The molecule has 21 heavy (non-hydrogen) atoms. The number of nitrogens with zero attached hydrogens (tertiary/aromatic N) is 1. The summed E-state index contributed by atoms with van der Waals surface area (Å²) in [6.45, 7) is 0. The molecule has 0 aliphatic carbocycles. The molecular weight excluding hydrogens is 310 g/mol. The molecule has 3 rings (SSSR count). The molecule has 2 heterocycles. The van der Waals surface area contributed by atoms with Gasteiger partial charge in [-0.25, -0.2) is 4.98 Å². The number of benzene rings is 1. The highest BCUT2D eigenvalue weighted by molar-refractivity contribution is 7.14. The van der Waals surface area contributed by atoms with Crippen LogP contribution in [0.15, 0.2) is 46.4 Å². The smallest absolute Gasteiger partial charge is 0.262 e. The number of furan rings is 1.